The Kier molecular flexibility index (Phi) is 6.36. The molecule has 0 radical (unpaired) electrons. The minimum Gasteiger partial charge on any atom is -0.478 e. The zero-order valence-corrected chi connectivity index (χ0v) is 16.8. The molecule has 0 aromatic carbocycles. The largest absolute Gasteiger partial charge is 0.478 e. The lowest BCUT2D eigenvalue weighted by Crippen LogP contribution is -2.49. The molecular formula is C22H34O4. The minimum atomic E-state index is -1.04. The molecule has 26 heavy (non-hydrogen) atoms. The molecule has 0 aromatic rings. The molecule has 4 nitrogen and oxygen atoms in total. The Hall–Kier alpha value is -1.58. The standard InChI is InChI=1S/C22H34O4/c1-6-26-19(23)14-16(20(24)25)9-10-17-15(2)8-11-18-21(3,4)12-7-13-22(17,18)5/h9,17-18H,2,6-8,10-14H2,1,3-5H3,(H,24,25)/b16-9+/t17-,18-,22+/m0/s1. The number of carbonyl (C=O) groups excluding carboxylic acids is 1. The van der Waals surface area contributed by atoms with Gasteiger partial charge in [-0.25, -0.2) is 4.79 Å². The normalized spacial score (nSPS) is 31.2. The molecule has 3 atom stereocenters. The molecule has 146 valence electrons. The van der Waals surface area contributed by atoms with E-state index in [0.717, 1.165) is 6.42 Å². The molecule has 0 saturated heterocycles. The number of carboxylic acids is 1. The van der Waals surface area contributed by atoms with Crippen LogP contribution in [-0.2, 0) is 14.3 Å². The summed E-state index contributed by atoms with van der Waals surface area (Å²) in [5.74, 6) is -0.611. The third-order valence-corrected chi connectivity index (χ3v) is 6.83. The van der Waals surface area contributed by atoms with E-state index in [1.807, 2.05) is 0 Å². The highest BCUT2D eigenvalue weighted by atomic mass is 16.5. The van der Waals surface area contributed by atoms with Crippen LogP contribution in [0.25, 0.3) is 0 Å². The maximum Gasteiger partial charge on any atom is 0.331 e. The number of esters is 1. The number of hydrogen-bond donors (Lipinski definition) is 1. The molecule has 4 heteroatoms. The van der Waals surface area contributed by atoms with Crippen LogP contribution in [0.15, 0.2) is 23.8 Å². The fourth-order valence-electron chi connectivity index (χ4n) is 5.57. The predicted molar refractivity (Wildman–Crippen MR) is 103 cm³/mol. The first kappa shape index (κ1) is 20.7. The van der Waals surface area contributed by atoms with E-state index in [4.69, 9.17) is 4.74 Å². The van der Waals surface area contributed by atoms with Crippen molar-refractivity contribution in [1.82, 2.24) is 0 Å². The van der Waals surface area contributed by atoms with Crippen molar-refractivity contribution < 1.29 is 19.4 Å². The molecule has 0 aromatic heterocycles. The maximum atomic E-state index is 11.7. The quantitative estimate of drug-likeness (QED) is 0.404. The van der Waals surface area contributed by atoms with Gasteiger partial charge in [-0.3, -0.25) is 4.79 Å². The number of fused-ring (bicyclic) bond motifs is 1. The van der Waals surface area contributed by atoms with Gasteiger partial charge in [0.2, 0.25) is 0 Å². The van der Waals surface area contributed by atoms with Crippen LogP contribution in [0.3, 0.4) is 0 Å². The van der Waals surface area contributed by atoms with Crippen LogP contribution in [0.1, 0.15) is 72.6 Å². The zero-order valence-electron chi connectivity index (χ0n) is 16.8. The third-order valence-electron chi connectivity index (χ3n) is 6.83. The molecular weight excluding hydrogens is 328 g/mol. The van der Waals surface area contributed by atoms with E-state index < -0.39 is 11.9 Å². The Labute approximate surface area is 157 Å². The molecule has 0 spiro atoms. The Morgan fingerprint density at radius 1 is 1.31 bits per heavy atom. The topological polar surface area (TPSA) is 63.6 Å². The Morgan fingerprint density at radius 3 is 2.62 bits per heavy atom. The van der Waals surface area contributed by atoms with E-state index in [1.165, 1.54) is 31.3 Å². The monoisotopic (exact) mass is 362 g/mol. The average Bonchev–Trinajstić information content (AvgIpc) is 2.52. The first-order valence-corrected chi connectivity index (χ1v) is 9.87. The van der Waals surface area contributed by atoms with Crippen molar-refractivity contribution in [1.29, 1.82) is 0 Å². The lowest BCUT2D eigenvalue weighted by molar-refractivity contribution is -0.144. The van der Waals surface area contributed by atoms with E-state index in [-0.39, 0.29) is 29.9 Å². The summed E-state index contributed by atoms with van der Waals surface area (Å²) in [4.78, 5) is 23.3. The summed E-state index contributed by atoms with van der Waals surface area (Å²) in [5, 5.41) is 9.47. The van der Waals surface area contributed by atoms with Gasteiger partial charge in [0, 0.05) is 5.57 Å². The summed E-state index contributed by atoms with van der Waals surface area (Å²) in [5.41, 5.74) is 1.84. The van der Waals surface area contributed by atoms with Gasteiger partial charge in [-0.1, -0.05) is 45.4 Å². The smallest absolute Gasteiger partial charge is 0.331 e. The number of allylic oxidation sites excluding steroid dienone is 2. The first-order valence-electron chi connectivity index (χ1n) is 9.87. The van der Waals surface area contributed by atoms with Gasteiger partial charge in [-0.15, -0.1) is 0 Å². The Bertz CT molecular complexity index is 601. The second kappa shape index (κ2) is 7.98. The molecule has 0 unspecified atom stereocenters. The number of aliphatic carboxylic acids is 1. The van der Waals surface area contributed by atoms with Gasteiger partial charge in [0.05, 0.1) is 13.0 Å². The molecule has 2 rings (SSSR count). The molecule has 0 aliphatic heterocycles. The van der Waals surface area contributed by atoms with Gasteiger partial charge in [-0.2, -0.15) is 0 Å². The first-order chi connectivity index (χ1) is 12.1. The van der Waals surface area contributed by atoms with Gasteiger partial charge < -0.3 is 9.84 Å². The second-order valence-corrected chi connectivity index (χ2v) is 8.90. The lowest BCUT2D eigenvalue weighted by Gasteiger charge is -2.58. The summed E-state index contributed by atoms with van der Waals surface area (Å²) < 4.78 is 4.91. The number of rotatable bonds is 6. The maximum absolute atomic E-state index is 11.7. The highest BCUT2D eigenvalue weighted by molar-refractivity contribution is 5.92. The molecule has 2 aliphatic rings. The van der Waals surface area contributed by atoms with Crippen molar-refractivity contribution in [3.8, 4) is 0 Å². The van der Waals surface area contributed by atoms with Gasteiger partial charge in [0.25, 0.3) is 0 Å². The van der Waals surface area contributed by atoms with Crippen molar-refractivity contribution >= 4 is 11.9 Å². The van der Waals surface area contributed by atoms with Crippen LogP contribution in [0.4, 0.5) is 0 Å². The van der Waals surface area contributed by atoms with E-state index in [0.29, 0.717) is 17.8 Å². The average molecular weight is 363 g/mol. The van der Waals surface area contributed by atoms with Crippen LogP contribution in [-0.4, -0.2) is 23.7 Å². The highest BCUT2D eigenvalue weighted by Crippen LogP contribution is 2.61. The van der Waals surface area contributed by atoms with Gasteiger partial charge in [0.15, 0.2) is 0 Å². The highest BCUT2D eigenvalue weighted by Gasteiger charge is 2.52. The fourth-order valence-corrected chi connectivity index (χ4v) is 5.57. The molecule has 1 N–H and O–H groups in total. The van der Waals surface area contributed by atoms with Crippen LogP contribution in [0.5, 0.6) is 0 Å². The Balaban J connectivity index is 2.22. The molecule has 2 aliphatic carbocycles. The van der Waals surface area contributed by atoms with E-state index >= 15 is 0 Å². The van der Waals surface area contributed by atoms with Crippen LogP contribution in [0.2, 0.25) is 0 Å². The van der Waals surface area contributed by atoms with Crippen molar-refractivity contribution in [3.05, 3.63) is 23.8 Å². The van der Waals surface area contributed by atoms with Crippen molar-refractivity contribution in [2.75, 3.05) is 6.61 Å². The van der Waals surface area contributed by atoms with Crippen LogP contribution in [0, 0.1) is 22.7 Å². The second-order valence-electron chi connectivity index (χ2n) is 8.90. The lowest BCUT2D eigenvalue weighted by atomic mass is 9.47. The van der Waals surface area contributed by atoms with Gasteiger partial charge in [-0.05, 0) is 61.7 Å². The molecule has 2 fully saturated rings. The molecule has 0 amide bonds. The third kappa shape index (κ3) is 4.21. The van der Waals surface area contributed by atoms with Gasteiger partial charge >= 0.3 is 11.9 Å². The Morgan fingerprint density at radius 2 is 2.00 bits per heavy atom. The molecule has 0 heterocycles. The van der Waals surface area contributed by atoms with Crippen LogP contribution < -0.4 is 0 Å². The van der Waals surface area contributed by atoms with E-state index in [2.05, 4.69) is 27.4 Å². The number of hydrogen-bond acceptors (Lipinski definition) is 3. The zero-order chi connectivity index (χ0) is 19.5. The van der Waals surface area contributed by atoms with Crippen molar-refractivity contribution in [2.24, 2.45) is 22.7 Å². The van der Waals surface area contributed by atoms with Crippen LogP contribution >= 0.6 is 0 Å². The molecule has 2 saturated carbocycles. The summed E-state index contributed by atoms with van der Waals surface area (Å²) in [6.45, 7) is 13.4. The summed E-state index contributed by atoms with van der Waals surface area (Å²) >= 11 is 0. The summed E-state index contributed by atoms with van der Waals surface area (Å²) in [6, 6.07) is 0. The number of ether oxygens (including phenoxy) is 1. The van der Waals surface area contributed by atoms with E-state index in [9.17, 15) is 14.7 Å². The number of carboxylic acid groups (broad SMARTS) is 1. The van der Waals surface area contributed by atoms with E-state index in [1.54, 1.807) is 13.0 Å². The minimum absolute atomic E-state index is 0.136. The van der Waals surface area contributed by atoms with Crippen molar-refractivity contribution in [3.63, 3.8) is 0 Å². The van der Waals surface area contributed by atoms with Crippen molar-refractivity contribution in [2.45, 2.75) is 72.6 Å². The summed E-state index contributed by atoms with van der Waals surface area (Å²) in [6.07, 6.45) is 8.04. The van der Waals surface area contributed by atoms with Gasteiger partial charge in [0.1, 0.15) is 0 Å². The number of carbonyl (C=O) groups is 2. The fraction of sp³-hybridized carbons (Fsp3) is 0.727. The SMILES string of the molecule is C=C1CC[C@H]2C(C)(C)CCC[C@]2(C)[C@H]1C/C=C(\CC(=O)OCC)C(=O)O. The molecule has 0 bridgehead atoms. The summed E-state index contributed by atoms with van der Waals surface area (Å²) in [7, 11) is 0. The predicted octanol–water partition coefficient (Wildman–Crippen LogP) is 5.14.